The van der Waals surface area contributed by atoms with Crippen LogP contribution in [0.3, 0.4) is 0 Å². The third-order valence-corrected chi connectivity index (χ3v) is 5.98. The number of para-hydroxylation sites is 1. The number of hydrogen-bond acceptors (Lipinski definition) is 7. The van der Waals surface area contributed by atoms with Gasteiger partial charge in [-0.3, -0.25) is 4.79 Å². The molecule has 5 rings (SSSR count). The molecule has 2 aromatic carbocycles. The minimum absolute atomic E-state index is 0.0487. The molecule has 0 aliphatic carbocycles. The van der Waals surface area contributed by atoms with Crippen LogP contribution in [0.4, 0.5) is 0 Å². The molecule has 0 spiro atoms. The molecule has 8 nitrogen and oxygen atoms in total. The first kappa shape index (κ1) is 20.2. The summed E-state index contributed by atoms with van der Waals surface area (Å²) in [6, 6.07) is 19.7. The summed E-state index contributed by atoms with van der Waals surface area (Å²) in [6.45, 7) is 2.09. The molecule has 0 aliphatic rings. The average Bonchev–Trinajstić information content (AvgIpc) is 3.47. The number of hydrogen-bond donors (Lipinski definition) is 1. The Bertz CT molecular complexity index is 1390. The van der Waals surface area contributed by atoms with Crippen molar-refractivity contribution >= 4 is 22.8 Å². The number of fused-ring (bicyclic) bond motifs is 1. The fourth-order valence-corrected chi connectivity index (χ4v) is 4.22. The molecular weight excluding hydrogens is 424 g/mol. The Hall–Kier alpha value is -3.72. The quantitative estimate of drug-likeness (QED) is 0.373. The van der Waals surface area contributed by atoms with Gasteiger partial charge in [0.2, 0.25) is 5.89 Å². The Labute approximate surface area is 187 Å². The number of aromatic amines is 1. The van der Waals surface area contributed by atoms with Crippen LogP contribution in [0.5, 0.6) is 0 Å². The van der Waals surface area contributed by atoms with Gasteiger partial charge in [0.1, 0.15) is 11.2 Å². The number of nitrogens with zero attached hydrogens (tertiary/aromatic N) is 5. The Morgan fingerprint density at radius 1 is 1.06 bits per heavy atom. The van der Waals surface area contributed by atoms with E-state index in [0.717, 1.165) is 17.7 Å². The van der Waals surface area contributed by atoms with E-state index in [9.17, 15) is 4.79 Å². The first-order valence-corrected chi connectivity index (χ1v) is 11.2. The first-order chi connectivity index (χ1) is 15.7. The molecule has 0 saturated heterocycles. The third kappa shape index (κ3) is 3.94. The molecule has 160 valence electrons. The SMILES string of the molecule is CCC(c1ccccc1)c1nnc(SCc2nc3c(cnn3-c3ccccc3)c(=O)[nH]2)o1. The van der Waals surface area contributed by atoms with Gasteiger partial charge >= 0.3 is 0 Å². The van der Waals surface area contributed by atoms with Crippen LogP contribution in [0.25, 0.3) is 16.7 Å². The lowest BCUT2D eigenvalue weighted by molar-refractivity contribution is 0.395. The highest BCUT2D eigenvalue weighted by Crippen LogP contribution is 2.29. The normalized spacial score (nSPS) is 12.3. The zero-order chi connectivity index (χ0) is 21.9. The highest BCUT2D eigenvalue weighted by molar-refractivity contribution is 7.98. The van der Waals surface area contributed by atoms with Gasteiger partial charge in [-0.05, 0) is 24.1 Å². The lowest BCUT2D eigenvalue weighted by Crippen LogP contribution is -2.11. The zero-order valence-electron chi connectivity index (χ0n) is 17.3. The Kier molecular flexibility index (Phi) is 5.55. The predicted molar refractivity (Wildman–Crippen MR) is 122 cm³/mol. The Balaban J connectivity index is 1.37. The summed E-state index contributed by atoms with van der Waals surface area (Å²) < 4.78 is 7.57. The standard InChI is InChI=1S/C23H20N6O2S/c1-2-17(15-9-5-3-6-10-15)22-27-28-23(31-22)32-14-19-25-20-18(21(30)26-19)13-24-29(20)16-11-7-4-8-12-16/h3-13,17H,2,14H2,1H3,(H,25,26,30). The van der Waals surface area contributed by atoms with Crippen LogP contribution in [0.15, 0.2) is 81.3 Å². The van der Waals surface area contributed by atoms with Crippen LogP contribution in [0.2, 0.25) is 0 Å². The fourth-order valence-electron chi connectivity index (χ4n) is 3.58. The highest BCUT2D eigenvalue weighted by Gasteiger charge is 2.19. The predicted octanol–water partition coefficient (Wildman–Crippen LogP) is 4.33. The zero-order valence-corrected chi connectivity index (χ0v) is 18.1. The minimum Gasteiger partial charge on any atom is -0.415 e. The molecular formula is C23H20N6O2S. The summed E-state index contributed by atoms with van der Waals surface area (Å²) in [4.78, 5) is 20.0. The lowest BCUT2D eigenvalue weighted by Gasteiger charge is -2.10. The maximum atomic E-state index is 12.5. The van der Waals surface area contributed by atoms with Crippen molar-refractivity contribution in [2.24, 2.45) is 0 Å². The van der Waals surface area contributed by atoms with E-state index in [-0.39, 0.29) is 11.5 Å². The van der Waals surface area contributed by atoms with Crippen molar-refractivity contribution in [2.75, 3.05) is 0 Å². The monoisotopic (exact) mass is 444 g/mol. The van der Waals surface area contributed by atoms with Gasteiger partial charge < -0.3 is 9.40 Å². The van der Waals surface area contributed by atoms with Gasteiger partial charge in [0.05, 0.1) is 23.6 Å². The maximum Gasteiger partial charge on any atom is 0.277 e. The van der Waals surface area contributed by atoms with Crippen LogP contribution >= 0.6 is 11.8 Å². The van der Waals surface area contributed by atoms with Gasteiger partial charge in [0, 0.05) is 0 Å². The topological polar surface area (TPSA) is 102 Å². The Morgan fingerprint density at radius 3 is 2.56 bits per heavy atom. The van der Waals surface area contributed by atoms with Crippen molar-refractivity contribution in [3.05, 3.63) is 94.5 Å². The number of H-pyrrole nitrogens is 1. The van der Waals surface area contributed by atoms with Crippen LogP contribution < -0.4 is 5.56 Å². The molecule has 1 N–H and O–H groups in total. The third-order valence-electron chi connectivity index (χ3n) is 5.15. The van der Waals surface area contributed by atoms with Crippen LogP contribution in [-0.2, 0) is 5.75 Å². The fraction of sp³-hybridized carbons (Fsp3) is 0.174. The van der Waals surface area contributed by atoms with Crippen LogP contribution in [0.1, 0.15) is 36.5 Å². The number of aromatic nitrogens is 6. The summed E-state index contributed by atoms with van der Waals surface area (Å²) in [5, 5.41) is 13.6. The number of benzene rings is 2. The maximum absolute atomic E-state index is 12.5. The second-order valence-electron chi connectivity index (χ2n) is 7.21. The molecule has 0 amide bonds. The van der Waals surface area contributed by atoms with Crippen LogP contribution in [0, 0.1) is 0 Å². The van der Waals surface area contributed by atoms with Crippen molar-refractivity contribution in [2.45, 2.75) is 30.2 Å². The molecule has 1 unspecified atom stereocenters. The molecule has 0 aliphatic heterocycles. The molecule has 32 heavy (non-hydrogen) atoms. The molecule has 0 bridgehead atoms. The van der Waals surface area contributed by atoms with Gasteiger partial charge in [-0.25, -0.2) is 9.67 Å². The summed E-state index contributed by atoms with van der Waals surface area (Å²) in [5.41, 5.74) is 2.26. The molecule has 0 radical (unpaired) electrons. The van der Waals surface area contributed by atoms with Crippen molar-refractivity contribution in [3.8, 4) is 5.69 Å². The largest absolute Gasteiger partial charge is 0.415 e. The van der Waals surface area contributed by atoms with E-state index < -0.39 is 0 Å². The van der Waals surface area contributed by atoms with E-state index in [0.29, 0.717) is 33.7 Å². The second kappa shape index (κ2) is 8.80. The summed E-state index contributed by atoms with van der Waals surface area (Å²) >= 11 is 1.34. The van der Waals surface area contributed by atoms with E-state index >= 15 is 0 Å². The van der Waals surface area contributed by atoms with Gasteiger partial charge in [-0.15, -0.1) is 10.2 Å². The molecule has 9 heteroatoms. The van der Waals surface area contributed by atoms with Gasteiger partial charge in [-0.2, -0.15) is 5.10 Å². The van der Waals surface area contributed by atoms with E-state index in [1.807, 2.05) is 48.5 Å². The molecule has 3 aromatic heterocycles. The highest BCUT2D eigenvalue weighted by atomic mass is 32.2. The van der Waals surface area contributed by atoms with Crippen molar-refractivity contribution in [1.29, 1.82) is 0 Å². The molecule has 1 atom stereocenters. The number of nitrogens with one attached hydrogen (secondary N) is 1. The lowest BCUT2D eigenvalue weighted by atomic mass is 9.97. The Morgan fingerprint density at radius 2 is 1.81 bits per heavy atom. The van der Waals surface area contributed by atoms with E-state index in [1.54, 1.807) is 4.68 Å². The average molecular weight is 445 g/mol. The molecule has 5 aromatic rings. The van der Waals surface area contributed by atoms with Gasteiger partial charge in [0.25, 0.3) is 10.8 Å². The van der Waals surface area contributed by atoms with E-state index in [1.165, 1.54) is 18.0 Å². The number of thioether (sulfide) groups is 1. The van der Waals surface area contributed by atoms with E-state index in [4.69, 9.17) is 4.42 Å². The van der Waals surface area contributed by atoms with Gasteiger partial charge in [-0.1, -0.05) is 67.2 Å². The van der Waals surface area contributed by atoms with E-state index in [2.05, 4.69) is 44.3 Å². The molecule has 0 saturated carbocycles. The van der Waals surface area contributed by atoms with Crippen molar-refractivity contribution in [1.82, 2.24) is 29.9 Å². The van der Waals surface area contributed by atoms with Crippen LogP contribution in [-0.4, -0.2) is 29.9 Å². The second-order valence-corrected chi connectivity index (χ2v) is 8.13. The molecule has 3 heterocycles. The summed E-state index contributed by atoms with van der Waals surface area (Å²) in [5.74, 6) is 1.53. The summed E-state index contributed by atoms with van der Waals surface area (Å²) in [6.07, 6.45) is 2.38. The van der Waals surface area contributed by atoms with Crippen molar-refractivity contribution in [3.63, 3.8) is 0 Å². The van der Waals surface area contributed by atoms with Crippen molar-refractivity contribution < 1.29 is 4.42 Å². The number of rotatable bonds is 7. The van der Waals surface area contributed by atoms with Gasteiger partial charge in [0.15, 0.2) is 5.65 Å². The minimum atomic E-state index is -0.228. The first-order valence-electron chi connectivity index (χ1n) is 10.3. The summed E-state index contributed by atoms with van der Waals surface area (Å²) in [7, 11) is 0. The smallest absolute Gasteiger partial charge is 0.277 e. The molecule has 0 fully saturated rings.